The van der Waals surface area contributed by atoms with E-state index in [0.717, 1.165) is 34.5 Å². The van der Waals surface area contributed by atoms with E-state index in [0.29, 0.717) is 5.92 Å². The fraction of sp³-hybridized carbons (Fsp3) is 0.240. The molecule has 0 aliphatic rings. The third kappa shape index (κ3) is 4.11. The molecule has 0 saturated carbocycles. The SMILES string of the molecule is CCc1cccc(C(C)C)c1N=Cc1cccc(-c2ccccc2)c1OC. The Labute approximate surface area is 162 Å². The van der Waals surface area contributed by atoms with E-state index in [-0.39, 0.29) is 0 Å². The lowest BCUT2D eigenvalue weighted by Gasteiger charge is -2.14. The number of aryl methyl sites for hydroxylation is 1. The van der Waals surface area contributed by atoms with E-state index in [9.17, 15) is 0 Å². The van der Waals surface area contributed by atoms with Gasteiger partial charge in [-0.15, -0.1) is 0 Å². The third-order valence-corrected chi connectivity index (χ3v) is 4.82. The van der Waals surface area contributed by atoms with Crippen LogP contribution in [0.5, 0.6) is 5.75 Å². The molecule has 0 aliphatic heterocycles. The first-order valence-electron chi connectivity index (χ1n) is 9.54. The zero-order chi connectivity index (χ0) is 19.2. The molecule has 0 bridgehead atoms. The Kier molecular flexibility index (Phi) is 6.08. The van der Waals surface area contributed by atoms with Crippen LogP contribution in [0.1, 0.15) is 43.4 Å². The summed E-state index contributed by atoms with van der Waals surface area (Å²) in [5, 5.41) is 0. The average molecular weight is 357 g/mol. The molecule has 0 atom stereocenters. The summed E-state index contributed by atoms with van der Waals surface area (Å²) < 4.78 is 5.76. The predicted molar refractivity (Wildman–Crippen MR) is 116 cm³/mol. The summed E-state index contributed by atoms with van der Waals surface area (Å²) in [4.78, 5) is 4.91. The van der Waals surface area contributed by atoms with Crippen molar-refractivity contribution < 1.29 is 4.74 Å². The van der Waals surface area contributed by atoms with Crippen molar-refractivity contribution >= 4 is 11.9 Å². The van der Waals surface area contributed by atoms with Crippen LogP contribution in [0.25, 0.3) is 11.1 Å². The van der Waals surface area contributed by atoms with Crippen molar-refractivity contribution in [2.75, 3.05) is 7.11 Å². The number of methoxy groups -OCH3 is 1. The van der Waals surface area contributed by atoms with Crippen LogP contribution in [0, 0.1) is 0 Å². The molecule has 0 heterocycles. The molecule has 0 spiro atoms. The Balaban J connectivity index is 2.07. The number of rotatable bonds is 6. The molecule has 138 valence electrons. The molecule has 0 fully saturated rings. The molecule has 0 unspecified atom stereocenters. The molecule has 2 heteroatoms. The quantitative estimate of drug-likeness (QED) is 0.445. The van der Waals surface area contributed by atoms with E-state index in [1.165, 1.54) is 11.1 Å². The summed E-state index contributed by atoms with van der Waals surface area (Å²) in [6.07, 6.45) is 2.90. The molecule has 27 heavy (non-hydrogen) atoms. The fourth-order valence-corrected chi connectivity index (χ4v) is 3.38. The van der Waals surface area contributed by atoms with E-state index < -0.39 is 0 Å². The highest BCUT2D eigenvalue weighted by Crippen LogP contribution is 2.34. The van der Waals surface area contributed by atoms with Gasteiger partial charge in [-0.1, -0.05) is 81.4 Å². The summed E-state index contributed by atoms with van der Waals surface area (Å²) in [6.45, 7) is 6.60. The van der Waals surface area contributed by atoms with Crippen molar-refractivity contribution in [2.45, 2.75) is 33.1 Å². The van der Waals surface area contributed by atoms with Crippen LogP contribution >= 0.6 is 0 Å². The Hall–Kier alpha value is -2.87. The highest BCUT2D eigenvalue weighted by Gasteiger charge is 2.12. The number of hydrogen-bond acceptors (Lipinski definition) is 2. The highest BCUT2D eigenvalue weighted by molar-refractivity contribution is 5.90. The van der Waals surface area contributed by atoms with E-state index >= 15 is 0 Å². The second-order valence-electron chi connectivity index (χ2n) is 6.92. The molecular formula is C25H27NO. The van der Waals surface area contributed by atoms with Gasteiger partial charge in [0.25, 0.3) is 0 Å². The van der Waals surface area contributed by atoms with Gasteiger partial charge in [0.15, 0.2) is 0 Å². The zero-order valence-corrected chi connectivity index (χ0v) is 16.6. The molecule has 0 N–H and O–H groups in total. The number of hydrogen-bond donors (Lipinski definition) is 0. The first-order valence-corrected chi connectivity index (χ1v) is 9.54. The van der Waals surface area contributed by atoms with Crippen molar-refractivity contribution in [3.05, 3.63) is 83.4 Å². The topological polar surface area (TPSA) is 21.6 Å². The minimum atomic E-state index is 0.432. The van der Waals surface area contributed by atoms with E-state index in [4.69, 9.17) is 9.73 Å². The van der Waals surface area contributed by atoms with Gasteiger partial charge in [-0.2, -0.15) is 0 Å². The van der Waals surface area contributed by atoms with Gasteiger partial charge in [0, 0.05) is 17.3 Å². The van der Waals surface area contributed by atoms with Crippen molar-refractivity contribution in [1.29, 1.82) is 0 Å². The van der Waals surface area contributed by atoms with Gasteiger partial charge in [-0.05, 0) is 35.1 Å². The molecule has 0 radical (unpaired) electrons. The van der Waals surface area contributed by atoms with Gasteiger partial charge in [0.1, 0.15) is 5.75 Å². The lowest BCUT2D eigenvalue weighted by Crippen LogP contribution is -1.96. The molecule has 3 aromatic carbocycles. The van der Waals surface area contributed by atoms with Gasteiger partial charge in [-0.3, -0.25) is 4.99 Å². The number of ether oxygens (including phenoxy) is 1. The predicted octanol–water partition coefficient (Wildman–Crippen LogP) is 6.80. The summed E-state index contributed by atoms with van der Waals surface area (Å²) in [6, 6.07) is 23.0. The Morgan fingerprint density at radius 2 is 1.67 bits per heavy atom. The maximum atomic E-state index is 5.76. The van der Waals surface area contributed by atoms with E-state index in [1.807, 2.05) is 24.4 Å². The molecular weight excluding hydrogens is 330 g/mol. The Morgan fingerprint density at radius 3 is 2.33 bits per heavy atom. The molecule has 0 amide bonds. The van der Waals surface area contributed by atoms with Crippen molar-refractivity contribution in [3.8, 4) is 16.9 Å². The van der Waals surface area contributed by atoms with Crippen LogP contribution in [0.2, 0.25) is 0 Å². The van der Waals surface area contributed by atoms with Crippen molar-refractivity contribution in [2.24, 2.45) is 4.99 Å². The second-order valence-corrected chi connectivity index (χ2v) is 6.92. The summed E-state index contributed by atoms with van der Waals surface area (Å²) in [7, 11) is 1.72. The van der Waals surface area contributed by atoms with E-state index in [2.05, 4.69) is 69.3 Å². The summed E-state index contributed by atoms with van der Waals surface area (Å²) >= 11 is 0. The van der Waals surface area contributed by atoms with Gasteiger partial charge in [-0.25, -0.2) is 0 Å². The molecule has 0 saturated heterocycles. The fourth-order valence-electron chi connectivity index (χ4n) is 3.38. The standard InChI is InChI=1S/C25H27NO/c1-5-19-13-9-15-22(18(2)3)24(19)26-17-21-14-10-16-23(25(21)27-4)20-11-7-6-8-12-20/h6-18H,5H2,1-4H3. The van der Waals surface area contributed by atoms with Crippen LogP contribution in [-0.2, 0) is 6.42 Å². The van der Waals surface area contributed by atoms with Crippen molar-refractivity contribution in [3.63, 3.8) is 0 Å². The smallest absolute Gasteiger partial charge is 0.135 e. The van der Waals surface area contributed by atoms with Crippen LogP contribution in [0.4, 0.5) is 5.69 Å². The Morgan fingerprint density at radius 1 is 0.926 bits per heavy atom. The van der Waals surface area contributed by atoms with Crippen LogP contribution in [0.3, 0.4) is 0 Å². The Bertz CT molecular complexity index is 926. The third-order valence-electron chi connectivity index (χ3n) is 4.82. The maximum absolute atomic E-state index is 5.76. The van der Waals surface area contributed by atoms with Gasteiger partial charge < -0.3 is 4.74 Å². The van der Waals surface area contributed by atoms with Crippen molar-refractivity contribution in [1.82, 2.24) is 0 Å². The van der Waals surface area contributed by atoms with Crippen LogP contribution < -0.4 is 4.74 Å². The second kappa shape index (κ2) is 8.68. The van der Waals surface area contributed by atoms with Crippen LogP contribution in [0.15, 0.2) is 71.7 Å². The average Bonchev–Trinajstić information content (AvgIpc) is 2.72. The molecule has 0 aliphatic carbocycles. The first-order chi connectivity index (χ1) is 13.2. The largest absolute Gasteiger partial charge is 0.495 e. The molecule has 3 aromatic rings. The monoisotopic (exact) mass is 357 g/mol. The van der Waals surface area contributed by atoms with Gasteiger partial charge in [0.05, 0.1) is 12.8 Å². The number of benzene rings is 3. The maximum Gasteiger partial charge on any atom is 0.135 e. The number of aliphatic imine (C=N–C) groups is 1. The van der Waals surface area contributed by atoms with Gasteiger partial charge in [0.2, 0.25) is 0 Å². The summed E-state index contributed by atoms with van der Waals surface area (Å²) in [5.41, 5.74) is 6.84. The minimum absolute atomic E-state index is 0.432. The lowest BCUT2D eigenvalue weighted by molar-refractivity contribution is 0.416. The molecule has 0 aromatic heterocycles. The highest BCUT2D eigenvalue weighted by atomic mass is 16.5. The first kappa shape index (κ1) is 18.9. The minimum Gasteiger partial charge on any atom is -0.495 e. The van der Waals surface area contributed by atoms with E-state index in [1.54, 1.807) is 7.11 Å². The molecule has 3 rings (SSSR count). The van der Waals surface area contributed by atoms with Gasteiger partial charge >= 0.3 is 0 Å². The lowest BCUT2D eigenvalue weighted by atomic mass is 9.97. The number of nitrogens with zero attached hydrogens (tertiary/aromatic N) is 1. The normalized spacial score (nSPS) is 11.3. The summed E-state index contributed by atoms with van der Waals surface area (Å²) in [5.74, 6) is 1.29. The number of para-hydroxylation sites is 2. The zero-order valence-electron chi connectivity index (χ0n) is 16.6. The van der Waals surface area contributed by atoms with Crippen LogP contribution in [-0.4, -0.2) is 13.3 Å². The molecule has 2 nitrogen and oxygen atoms in total.